The first-order valence-electron chi connectivity index (χ1n) is 7.56. The van der Waals surface area contributed by atoms with Gasteiger partial charge in [-0.3, -0.25) is 4.79 Å². The Balaban J connectivity index is 1.77. The monoisotopic (exact) mass is 319 g/mol. The molecule has 0 spiro atoms. The molecule has 1 fully saturated rings. The molecule has 0 saturated carbocycles. The lowest BCUT2D eigenvalue weighted by Crippen LogP contribution is -2.30. The van der Waals surface area contributed by atoms with Crippen LogP contribution in [0, 0.1) is 19.8 Å². The first-order valence-corrected chi connectivity index (χ1v) is 8.38. The van der Waals surface area contributed by atoms with Gasteiger partial charge in [0, 0.05) is 13.1 Å². The van der Waals surface area contributed by atoms with Crippen LogP contribution in [0.2, 0.25) is 0 Å². The fraction of sp³-hybridized carbons (Fsp3) is 0.500. The van der Waals surface area contributed by atoms with E-state index in [1.54, 1.807) is 0 Å². The van der Waals surface area contributed by atoms with Gasteiger partial charge in [0.05, 0.1) is 5.69 Å². The van der Waals surface area contributed by atoms with E-state index in [1.165, 1.54) is 11.3 Å². The third-order valence-corrected chi connectivity index (χ3v) is 5.17. The number of nitrogens with zero attached hydrogens (tertiary/aromatic N) is 2. The van der Waals surface area contributed by atoms with Crippen LogP contribution in [-0.2, 0) is 0 Å². The van der Waals surface area contributed by atoms with Gasteiger partial charge in [-0.15, -0.1) is 11.3 Å². The number of amides is 1. The number of carbonyl (C=O) groups excluding carboxylic acids is 1. The zero-order valence-corrected chi connectivity index (χ0v) is 14.0. The highest BCUT2D eigenvalue weighted by Crippen LogP contribution is 2.31. The fourth-order valence-corrected chi connectivity index (χ4v) is 3.86. The lowest BCUT2D eigenvalue weighted by molar-refractivity contribution is 0.0791. The van der Waals surface area contributed by atoms with Crippen molar-refractivity contribution >= 4 is 17.2 Å². The largest absolute Gasteiger partial charge is 0.459 e. The Morgan fingerprint density at radius 1 is 1.50 bits per heavy atom. The lowest BCUT2D eigenvalue weighted by atomic mass is 10.1. The minimum absolute atomic E-state index is 0.100. The summed E-state index contributed by atoms with van der Waals surface area (Å²) in [6.07, 6.45) is 1.06. The molecule has 1 unspecified atom stereocenters. The molecule has 1 atom stereocenters. The third kappa shape index (κ3) is 2.94. The van der Waals surface area contributed by atoms with Gasteiger partial charge >= 0.3 is 0 Å². The Morgan fingerprint density at radius 2 is 2.32 bits per heavy atom. The molecule has 22 heavy (non-hydrogen) atoms. The summed E-state index contributed by atoms with van der Waals surface area (Å²) in [4.78, 5) is 19.9. The van der Waals surface area contributed by atoms with Crippen molar-refractivity contribution in [2.75, 3.05) is 26.7 Å². The Kier molecular flexibility index (Phi) is 4.31. The molecule has 0 bridgehead atoms. The number of aromatic nitrogens is 1. The maximum atomic E-state index is 12.7. The van der Waals surface area contributed by atoms with E-state index in [9.17, 15) is 4.79 Å². The zero-order chi connectivity index (χ0) is 15.7. The molecule has 3 rings (SSSR count). The normalized spacial score (nSPS) is 18.1. The maximum Gasteiger partial charge on any atom is 0.265 e. The number of likely N-dealkylation sites (tertiary alicyclic amines) is 1. The van der Waals surface area contributed by atoms with Crippen molar-refractivity contribution in [2.45, 2.75) is 20.3 Å². The van der Waals surface area contributed by atoms with E-state index in [2.05, 4.69) is 10.3 Å². The van der Waals surface area contributed by atoms with Crippen LogP contribution in [-0.4, -0.2) is 42.5 Å². The second-order valence-corrected chi connectivity index (χ2v) is 6.81. The molecule has 0 aliphatic carbocycles. The van der Waals surface area contributed by atoms with Gasteiger partial charge < -0.3 is 14.6 Å². The molecule has 1 N–H and O–H groups in total. The molecule has 0 aromatic carbocycles. The molecule has 1 saturated heterocycles. The number of carbonyl (C=O) groups is 1. The summed E-state index contributed by atoms with van der Waals surface area (Å²) in [5.74, 6) is 2.24. The molecule has 3 heterocycles. The Bertz CT molecular complexity index is 677. The highest BCUT2D eigenvalue weighted by atomic mass is 32.1. The molecule has 0 radical (unpaired) electrons. The second kappa shape index (κ2) is 6.22. The van der Waals surface area contributed by atoms with Crippen LogP contribution in [0.5, 0.6) is 0 Å². The first kappa shape index (κ1) is 15.2. The number of thiazole rings is 1. The van der Waals surface area contributed by atoms with E-state index in [0.717, 1.165) is 53.2 Å². The van der Waals surface area contributed by atoms with E-state index in [4.69, 9.17) is 4.42 Å². The molecule has 5 nitrogen and oxygen atoms in total. The van der Waals surface area contributed by atoms with Gasteiger partial charge in [0.2, 0.25) is 0 Å². The van der Waals surface area contributed by atoms with Crippen LogP contribution in [0.15, 0.2) is 16.5 Å². The molecule has 118 valence electrons. The van der Waals surface area contributed by atoms with Gasteiger partial charge in [0.25, 0.3) is 5.91 Å². The van der Waals surface area contributed by atoms with E-state index < -0.39 is 0 Å². The average molecular weight is 319 g/mol. The molecule has 1 amide bonds. The predicted molar refractivity (Wildman–Crippen MR) is 87.2 cm³/mol. The number of nitrogens with one attached hydrogen (secondary N) is 1. The summed E-state index contributed by atoms with van der Waals surface area (Å²) >= 11 is 1.42. The van der Waals surface area contributed by atoms with Crippen LogP contribution >= 0.6 is 11.3 Å². The van der Waals surface area contributed by atoms with Crippen LogP contribution in [0.25, 0.3) is 10.8 Å². The van der Waals surface area contributed by atoms with E-state index in [0.29, 0.717) is 5.92 Å². The average Bonchev–Trinajstić information content (AvgIpc) is 3.19. The van der Waals surface area contributed by atoms with Gasteiger partial charge in [0.1, 0.15) is 10.6 Å². The smallest absolute Gasteiger partial charge is 0.265 e. The van der Waals surface area contributed by atoms with Gasteiger partial charge in [-0.1, -0.05) is 0 Å². The van der Waals surface area contributed by atoms with Crippen molar-refractivity contribution in [3.05, 3.63) is 28.5 Å². The van der Waals surface area contributed by atoms with E-state index in [1.807, 2.05) is 37.9 Å². The standard InChI is InChI=1S/C16H21N3O2S/c1-10-4-5-13(21-10)15-18-11(2)14(22-15)16(20)19-7-6-12(9-19)8-17-3/h4-5,12,17H,6-9H2,1-3H3. The van der Waals surface area contributed by atoms with E-state index in [-0.39, 0.29) is 5.91 Å². The number of rotatable bonds is 4. The van der Waals surface area contributed by atoms with Crippen molar-refractivity contribution in [1.82, 2.24) is 15.2 Å². The number of hydrogen-bond donors (Lipinski definition) is 1. The summed E-state index contributed by atoms with van der Waals surface area (Å²) in [5, 5.41) is 3.97. The summed E-state index contributed by atoms with van der Waals surface area (Å²) < 4.78 is 5.61. The van der Waals surface area contributed by atoms with Crippen molar-refractivity contribution < 1.29 is 9.21 Å². The highest BCUT2D eigenvalue weighted by molar-refractivity contribution is 7.17. The number of hydrogen-bond acceptors (Lipinski definition) is 5. The summed E-state index contributed by atoms with van der Waals surface area (Å²) in [6.45, 7) is 6.42. The number of furan rings is 1. The van der Waals surface area contributed by atoms with Gasteiger partial charge in [-0.05, 0) is 51.9 Å². The van der Waals surface area contributed by atoms with Gasteiger partial charge in [0.15, 0.2) is 10.8 Å². The van der Waals surface area contributed by atoms with Gasteiger partial charge in [-0.25, -0.2) is 4.98 Å². The second-order valence-electron chi connectivity index (χ2n) is 5.81. The number of aryl methyl sites for hydroxylation is 2. The SMILES string of the molecule is CNCC1CCN(C(=O)c2sc(-c3ccc(C)o3)nc2C)C1. The third-order valence-electron chi connectivity index (χ3n) is 4.01. The summed E-state index contributed by atoms with van der Waals surface area (Å²) in [6, 6.07) is 3.82. The van der Waals surface area contributed by atoms with Crippen molar-refractivity contribution in [2.24, 2.45) is 5.92 Å². The van der Waals surface area contributed by atoms with Crippen molar-refractivity contribution in [3.8, 4) is 10.8 Å². The topological polar surface area (TPSA) is 58.4 Å². The molecule has 1 aliphatic rings. The maximum absolute atomic E-state index is 12.7. The van der Waals surface area contributed by atoms with E-state index >= 15 is 0 Å². The molecular weight excluding hydrogens is 298 g/mol. The lowest BCUT2D eigenvalue weighted by Gasteiger charge is -2.15. The minimum atomic E-state index is 0.100. The summed E-state index contributed by atoms with van der Waals surface area (Å²) in [5.41, 5.74) is 0.788. The Labute approximate surface area is 134 Å². The predicted octanol–water partition coefficient (Wildman–Crippen LogP) is 2.70. The molecular formula is C16H21N3O2S. The fourth-order valence-electron chi connectivity index (χ4n) is 2.87. The van der Waals surface area contributed by atoms with Gasteiger partial charge in [-0.2, -0.15) is 0 Å². The zero-order valence-electron chi connectivity index (χ0n) is 13.2. The Hall–Kier alpha value is -1.66. The molecule has 2 aromatic rings. The molecule has 2 aromatic heterocycles. The van der Waals surface area contributed by atoms with Crippen LogP contribution in [0.4, 0.5) is 0 Å². The Morgan fingerprint density at radius 3 is 3.00 bits per heavy atom. The van der Waals surface area contributed by atoms with Crippen LogP contribution in [0.1, 0.15) is 27.5 Å². The quantitative estimate of drug-likeness (QED) is 0.941. The van der Waals surface area contributed by atoms with Crippen molar-refractivity contribution in [3.63, 3.8) is 0 Å². The molecule has 1 aliphatic heterocycles. The summed E-state index contributed by atoms with van der Waals surface area (Å²) in [7, 11) is 1.95. The van der Waals surface area contributed by atoms with Crippen LogP contribution in [0.3, 0.4) is 0 Å². The van der Waals surface area contributed by atoms with Crippen LogP contribution < -0.4 is 5.32 Å². The molecule has 6 heteroatoms. The first-order chi connectivity index (χ1) is 10.6. The van der Waals surface area contributed by atoms with Crippen molar-refractivity contribution in [1.29, 1.82) is 0 Å². The highest BCUT2D eigenvalue weighted by Gasteiger charge is 2.29. The minimum Gasteiger partial charge on any atom is -0.459 e.